The van der Waals surface area contributed by atoms with E-state index in [-0.39, 0.29) is 10.4 Å². The molecule has 0 atom stereocenters. The van der Waals surface area contributed by atoms with E-state index >= 15 is 0 Å². The number of carbonyl (C=O) groups is 1. The lowest BCUT2D eigenvalue weighted by atomic mass is 10.2. The van der Waals surface area contributed by atoms with Crippen LogP contribution in [0.25, 0.3) is 10.2 Å². The van der Waals surface area contributed by atoms with Gasteiger partial charge >= 0.3 is 5.97 Å². The van der Waals surface area contributed by atoms with Crippen LogP contribution in [0.2, 0.25) is 0 Å². The van der Waals surface area contributed by atoms with Crippen molar-refractivity contribution in [3.8, 4) is 0 Å². The van der Waals surface area contributed by atoms with Crippen LogP contribution in [-0.2, 0) is 11.3 Å². The molecular weight excluding hydrogens is 306 g/mol. The first kappa shape index (κ1) is 15.1. The highest BCUT2D eigenvalue weighted by atomic mass is 32.1. The monoisotopic (exact) mass is 323 g/mol. The summed E-state index contributed by atoms with van der Waals surface area (Å²) in [5.74, 6) is -1.01. The van der Waals surface area contributed by atoms with Crippen LogP contribution in [0.4, 0.5) is 0 Å². The lowest BCUT2D eigenvalue weighted by Crippen LogP contribution is -2.39. The molecule has 0 unspecified atom stereocenters. The molecule has 0 radical (unpaired) electrons. The van der Waals surface area contributed by atoms with Crippen LogP contribution in [0.1, 0.15) is 15.2 Å². The number of aryl methyl sites for hydroxylation is 1. The fourth-order valence-electron chi connectivity index (χ4n) is 2.60. The van der Waals surface area contributed by atoms with E-state index in [9.17, 15) is 9.59 Å². The van der Waals surface area contributed by atoms with Gasteiger partial charge in [-0.05, 0) is 12.5 Å². The predicted octanol–water partition coefficient (Wildman–Crippen LogP) is 0.797. The van der Waals surface area contributed by atoms with Crippen molar-refractivity contribution < 1.29 is 14.6 Å². The van der Waals surface area contributed by atoms with Crippen LogP contribution < -0.4 is 5.56 Å². The molecule has 0 spiro atoms. The average Bonchev–Trinajstić information content (AvgIpc) is 2.86. The van der Waals surface area contributed by atoms with Crippen molar-refractivity contribution in [1.82, 2.24) is 14.5 Å². The lowest BCUT2D eigenvalue weighted by Gasteiger charge is -2.26. The number of carboxylic acids is 1. The first-order valence-electron chi connectivity index (χ1n) is 7.10. The molecule has 0 amide bonds. The van der Waals surface area contributed by atoms with Gasteiger partial charge in [0.2, 0.25) is 0 Å². The molecular formula is C14H17N3O4S. The highest BCUT2D eigenvalue weighted by Crippen LogP contribution is 2.26. The Balaban J connectivity index is 1.87. The molecule has 1 fully saturated rings. The Morgan fingerprint density at radius 1 is 1.41 bits per heavy atom. The zero-order valence-corrected chi connectivity index (χ0v) is 13.1. The molecule has 0 bridgehead atoms. The van der Waals surface area contributed by atoms with E-state index in [4.69, 9.17) is 9.84 Å². The molecule has 8 heteroatoms. The standard InChI is InChI=1S/C14H17N3O4S/c1-9-10-12(22-11(9)14(19)20)15-8-17(13(10)18)3-2-16-4-6-21-7-5-16/h8H,2-7H2,1H3,(H,19,20). The largest absolute Gasteiger partial charge is 0.477 e. The number of carboxylic acid groups (broad SMARTS) is 1. The second-order valence-corrected chi connectivity index (χ2v) is 6.24. The molecule has 1 aliphatic rings. The Hall–Kier alpha value is -1.77. The molecule has 2 aromatic rings. The van der Waals surface area contributed by atoms with Crippen molar-refractivity contribution in [3.63, 3.8) is 0 Å². The average molecular weight is 323 g/mol. The van der Waals surface area contributed by atoms with E-state index in [0.717, 1.165) is 44.2 Å². The second-order valence-electron chi connectivity index (χ2n) is 5.24. The maximum absolute atomic E-state index is 12.6. The maximum Gasteiger partial charge on any atom is 0.346 e. The van der Waals surface area contributed by atoms with Crippen molar-refractivity contribution in [3.05, 3.63) is 27.1 Å². The van der Waals surface area contributed by atoms with Crippen LogP contribution in [0.5, 0.6) is 0 Å². The fraction of sp³-hybridized carbons (Fsp3) is 0.500. The summed E-state index contributed by atoms with van der Waals surface area (Å²) < 4.78 is 6.86. The third-order valence-electron chi connectivity index (χ3n) is 3.87. The molecule has 1 N–H and O–H groups in total. The molecule has 2 aromatic heterocycles. The number of hydrogen-bond acceptors (Lipinski definition) is 6. The van der Waals surface area contributed by atoms with E-state index in [1.807, 2.05) is 0 Å². The smallest absolute Gasteiger partial charge is 0.346 e. The van der Waals surface area contributed by atoms with Gasteiger partial charge in [0, 0.05) is 26.2 Å². The van der Waals surface area contributed by atoms with Crippen molar-refractivity contribution in [2.24, 2.45) is 0 Å². The molecule has 1 aliphatic heterocycles. The SMILES string of the molecule is Cc1c(C(=O)O)sc2ncn(CCN3CCOCC3)c(=O)c12. The van der Waals surface area contributed by atoms with Crippen LogP contribution in [0, 0.1) is 6.92 Å². The Morgan fingerprint density at radius 2 is 2.14 bits per heavy atom. The van der Waals surface area contributed by atoms with Crippen molar-refractivity contribution in [2.75, 3.05) is 32.8 Å². The fourth-order valence-corrected chi connectivity index (χ4v) is 3.57. The summed E-state index contributed by atoms with van der Waals surface area (Å²) in [6, 6.07) is 0. The molecule has 0 aromatic carbocycles. The van der Waals surface area contributed by atoms with Gasteiger partial charge in [-0.25, -0.2) is 9.78 Å². The van der Waals surface area contributed by atoms with Crippen molar-refractivity contribution in [2.45, 2.75) is 13.5 Å². The summed E-state index contributed by atoms with van der Waals surface area (Å²) in [7, 11) is 0. The van der Waals surface area contributed by atoms with Gasteiger partial charge in [-0.1, -0.05) is 0 Å². The summed E-state index contributed by atoms with van der Waals surface area (Å²) >= 11 is 1.05. The van der Waals surface area contributed by atoms with Gasteiger partial charge in [0.1, 0.15) is 9.71 Å². The van der Waals surface area contributed by atoms with E-state index < -0.39 is 5.97 Å². The van der Waals surface area contributed by atoms with Crippen LogP contribution >= 0.6 is 11.3 Å². The third-order valence-corrected chi connectivity index (χ3v) is 5.06. The topological polar surface area (TPSA) is 84.7 Å². The molecule has 3 rings (SSSR count). The Bertz CT molecular complexity index is 761. The molecule has 3 heterocycles. The summed E-state index contributed by atoms with van der Waals surface area (Å²) in [5, 5.41) is 9.58. The summed E-state index contributed by atoms with van der Waals surface area (Å²) in [6.45, 7) is 6.13. The molecule has 7 nitrogen and oxygen atoms in total. The summed E-state index contributed by atoms with van der Waals surface area (Å²) in [5.41, 5.74) is 0.338. The Labute approximate surface area is 130 Å². The van der Waals surface area contributed by atoms with Crippen LogP contribution in [-0.4, -0.2) is 58.4 Å². The summed E-state index contributed by atoms with van der Waals surface area (Å²) in [4.78, 5) is 30.9. The van der Waals surface area contributed by atoms with Gasteiger partial charge in [-0.3, -0.25) is 14.3 Å². The molecule has 22 heavy (non-hydrogen) atoms. The predicted molar refractivity (Wildman–Crippen MR) is 82.8 cm³/mol. The van der Waals surface area contributed by atoms with Gasteiger partial charge in [-0.15, -0.1) is 11.3 Å². The number of fused-ring (bicyclic) bond motifs is 1. The van der Waals surface area contributed by atoms with Crippen molar-refractivity contribution in [1.29, 1.82) is 0 Å². The number of hydrogen-bond donors (Lipinski definition) is 1. The number of aromatic nitrogens is 2. The van der Waals surface area contributed by atoms with E-state index in [1.165, 1.54) is 6.33 Å². The quantitative estimate of drug-likeness (QED) is 0.896. The minimum absolute atomic E-state index is 0.167. The van der Waals surface area contributed by atoms with Gasteiger partial charge in [0.05, 0.1) is 24.9 Å². The number of aromatic carboxylic acids is 1. The Morgan fingerprint density at radius 3 is 2.82 bits per heavy atom. The van der Waals surface area contributed by atoms with Gasteiger partial charge in [0.15, 0.2) is 0 Å². The highest BCUT2D eigenvalue weighted by molar-refractivity contribution is 7.20. The van der Waals surface area contributed by atoms with E-state index in [2.05, 4.69) is 9.88 Å². The minimum Gasteiger partial charge on any atom is -0.477 e. The third kappa shape index (κ3) is 2.77. The summed E-state index contributed by atoms with van der Waals surface area (Å²) in [6.07, 6.45) is 1.51. The minimum atomic E-state index is -1.01. The first-order valence-corrected chi connectivity index (χ1v) is 7.91. The number of morpholine rings is 1. The van der Waals surface area contributed by atoms with Crippen LogP contribution in [0.3, 0.4) is 0 Å². The maximum atomic E-state index is 12.6. The van der Waals surface area contributed by atoms with Gasteiger partial charge < -0.3 is 9.84 Å². The molecule has 118 valence electrons. The van der Waals surface area contributed by atoms with E-state index in [0.29, 0.717) is 22.3 Å². The lowest BCUT2D eigenvalue weighted by molar-refractivity contribution is 0.0362. The number of nitrogens with zero attached hydrogens (tertiary/aromatic N) is 3. The zero-order valence-electron chi connectivity index (χ0n) is 12.2. The number of rotatable bonds is 4. The highest BCUT2D eigenvalue weighted by Gasteiger charge is 2.19. The molecule has 0 saturated carbocycles. The number of ether oxygens (including phenoxy) is 1. The Kier molecular flexibility index (Phi) is 4.23. The normalized spacial score (nSPS) is 16.2. The van der Waals surface area contributed by atoms with Gasteiger partial charge in [0.25, 0.3) is 5.56 Å². The first-order chi connectivity index (χ1) is 10.6. The second kappa shape index (κ2) is 6.15. The molecule has 1 saturated heterocycles. The molecule has 0 aliphatic carbocycles. The van der Waals surface area contributed by atoms with Gasteiger partial charge in [-0.2, -0.15) is 0 Å². The van der Waals surface area contributed by atoms with E-state index in [1.54, 1.807) is 11.5 Å². The van der Waals surface area contributed by atoms with Crippen molar-refractivity contribution >= 4 is 27.5 Å². The van der Waals surface area contributed by atoms with Crippen LogP contribution in [0.15, 0.2) is 11.1 Å². The zero-order chi connectivity index (χ0) is 15.7. The number of thiophene rings is 1.